The van der Waals surface area contributed by atoms with Crippen molar-refractivity contribution in [2.45, 2.75) is 0 Å². The van der Waals surface area contributed by atoms with E-state index in [-0.39, 0.29) is 32.8 Å². The van der Waals surface area contributed by atoms with Crippen LogP contribution in [0.15, 0.2) is 54.6 Å². The van der Waals surface area contributed by atoms with Gasteiger partial charge in [0.15, 0.2) is 0 Å². The van der Waals surface area contributed by atoms with Crippen molar-refractivity contribution in [3.8, 4) is 0 Å². The van der Waals surface area contributed by atoms with Crippen LogP contribution in [-0.2, 0) is 0 Å². The Morgan fingerprint density at radius 3 is 1.53 bits per heavy atom. The normalized spacial score (nSPS) is 10.3. The number of anilines is 2. The van der Waals surface area contributed by atoms with E-state index in [1.807, 2.05) is 0 Å². The maximum atomic E-state index is 12.4. The van der Waals surface area contributed by atoms with Gasteiger partial charge in [0.2, 0.25) is 0 Å². The van der Waals surface area contributed by atoms with Crippen LogP contribution in [0.4, 0.5) is 23.0 Å². The molecule has 0 atom stereocenters. The number of rotatable bonds is 6. The van der Waals surface area contributed by atoms with Crippen LogP contribution in [0.1, 0.15) is 20.7 Å². The number of hydrogen-bond acceptors (Lipinski definition) is 7. The molecule has 0 saturated heterocycles. The molecular formula is C19H11Cl2N5O6. The van der Waals surface area contributed by atoms with Gasteiger partial charge in [0.25, 0.3) is 23.2 Å². The van der Waals surface area contributed by atoms with E-state index in [1.54, 1.807) is 0 Å². The summed E-state index contributed by atoms with van der Waals surface area (Å²) in [4.78, 5) is 49.4. The quantitative estimate of drug-likeness (QED) is 0.385. The molecule has 0 bridgehead atoms. The first-order valence-electron chi connectivity index (χ1n) is 8.63. The van der Waals surface area contributed by atoms with Gasteiger partial charge in [0.05, 0.1) is 9.85 Å². The van der Waals surface area contributed by atoms with Crippen molar-refractivity contribution in [2.75, 3.05) is 10.6 Å². The molecule has 0 aliphatic heterocycles. The van der Waals surface area contributed by atoms with E-state index in [0.29, 0.717) is 0 Å². The molecule has 2 aromatic carbocycles. The van der Waals surface area contributed by atoms with Crippen LogP contribution >= 0.6 is 23.2 Å². The third-order valence-corrected chi connectivity index (χ3v) is 4.68. The van der Waals surface area contributed by atoms with Gasteiger partial charge < -0.3 is 10.6 Å². The lowest BCUT2D eigenvalue weighted by atomic mass is 10.2. The number of nitro groups is 2. The monoisotopic (exact) mass is 475 g/mol. The summed E-state index contributed by atoms with van der Waals surface area (Å²) < 4.78 is 0. The number of hydrogen-bond donors (Lipinski definition) is 2. The van der Waals surface area contributed by atoms with E-state index in [2.05, 4.69) is 15.6 Å². The molecular weight excluding hydrogens is 465 g/mol. The Morgan fingerprint density at radius 1 is 0.750 bits per heavy atom. The highest BCUT2D eigenvalue weighted by molar-refractivity contribution is 6.33. The standard InChI is InChI=1S/C19H11Cl2N5O6/c20-12-6-4-10(8-14(12)25(29)30)18(27)23-16-2-1-3-17(22-16)24-19(28)11-5-7-13(21)15(9-11)26(31)32/h1-9H,(H2,22,23,24,27,28). The Hall–Kier alpha value is -4.09. The van der Waals surface area contributed by atoms with Gasteiger partial charge in [-0.15, -0.1) is 0 Å². The molecule has 11 nitrogen and oxygen atoms in total. The second kappa shape index (κ2) is 9.37. The molecule has 3 aromatic rings. The number of aromatic nitrogens is 1. The first-order chi connectivity index (χ1) is 15.2. The highest BCUT2D eigenvalue weighted by atomic mass is 35.5. The summed E-state index contributed by atoms with van der Waals surface area (Å²) in [6.45, 7) is 0. The van der Waals surface area contributed by atoms with E-state index < -0.39 is 33.0 Å². The number of halogens is 2. The van der Waals surface area contributed by atoms with Crippen molar-refractivity contribution in [2.24, 2.45) is 0 Å². The molecule has 0 saturated carbocycles. The smallest absolute Gasteiger partial charge is 0.288 e. The van der Waals surface area contributed by atoms with E-state index in [1.165, 1.54) is 42.5 Å². The minimum absolute atomic E-state index is 0.0224. The third-order valence-electron chi connectivity index (χ3n) is 4.04. The zero-order valence-electron chi connectivity index (χ0n) is 15.7. The van der Waals surface area contributed by atoms with Crippen LogP contribution in [0.5, 0.6) is 0 Å². The maximum absolute atomic E-state index is 12.4. The fraction of sp³-hybridized carbons (Fsp3) is 0. The van der Waals surface area contributed by atoms with E-state index in [0.717, 1.165) is 12.1 Å². The lowest BCUT2D eigenvalue weighted by molar-refractivity contribution is -0.384. The van der Waals surface area contributed by atoms with Crippen molar-refractivity contribution < 1.29 is 19.4 Å². The topological polar surface area (TPSA) is 157 Å². The van der Waals surface area contributed by atoms with E-state index in [4.69, 9.17) is 23.2 Å². The third kappa shape index (κ3) is 5.14. The number of nitrogens with one attached hydrogen (secondary N) is 2. The average molecular weight is 476 g/mol. The van der Waals surface area contributed by atoms with Crippen LogP contribution in [0.25, 0.3) is 0 Å². The van der Waals surface area contributed by atoms with Crippen LogP contribution in [0.3, 0.4) is 0 Å². The average Bonchev–Trinajstić information content (AvgIpc) is 2.74. The number of benzene rings is 2. The molecule has 0 radical (unpaired) electrons. The highest BCUT2D eigenvalue weighted by Gasteiger charge is 2.18. The highest BCUT2D eigenvalue weighted by Crippen LogP contribution is 2.26. The van der Waals surface area contributed by atoms with Crippen molar-refractivity contribution in [1.82, 2.24) is 4.98 Å². The lowest BCUT2D eigenvalue weighted by Gasteiger charge is -2.08. The van der Waals surface area contributed by atoms with Crippen LogP contribution in [0.2, 0.25) is 10.0 Å². The molecule has 162 valence electrons. The van der Waals surface area contributed by atoms with Crippen LogP contribution in [-0.4, -0.2) is 26.6 Å². The van der Waals surface area contributed by atoms with E-state index >= 15 is 0 Å². The largest absolute Gasteiger partial charge is 0.306 e. The van der Waals surface area contributed by atoms with Gasteiger partial charge in [0, 0.05) is 23.3 Å². The molecule has 13 heteroatoms. The minimum Gasteiger partial charge on any atom is -0.306 e. The first-order valence-corrected chi connectivity index (χ1v) is 9.39. The van der Waals surface area contributed by atoms with Gasteiger partial charge in [0.1, 0.15) is 21.7 Å². The van der Waals surface area contributed by atoms with Gasteiger partial charge in [-0.05, 0) is 36.4 Å². The van der Waals surface area contributed by atoms with Crippen LogP contribution < -0.4 is 10.6 Å². The Morgan fingerprint density at radius 2 is 1.16 bits per heavy atom. The molecule has 0 fully saturated rings. The SMILES string of the molecule is O=C(Nc1cccc(NC(=O)c2ccc(Cl)c([N+](=O)[O-])c2)n1)c1ccc(Cl)c([N+](=O)[O-])c1. The summed E-state index contributed by atoms with van der Waals surface area (Å²) in [5, 5.41) is 26.7. The Bertz CT molecular complexity index is 1170. The fourth-order valence-electron chi connectivity index (χ4n) is 2.54. The maximum Gasteiger partial charge on any atom is 0.288 e. The molecule has 0 unspecified atom stereocenters. The number of pyridine rings is 1. The van der Waals surface area contributed by atoms with Gasteiger partial charge in [-0.1, -0.05) is 29.3 Å². The zero-order valence-corrected chi connectivity index (χ0v) is 17.3. The Balaban J connectivity index is 1.76. The molecule has 1 heterocycles. The minimum atomic E-state index is -0.714. The summed E-state index contributed by atoms with van der Waals surface area (Å²) in [6, 6.07) is 11.5. The summed E-state index contributed by atoms with van der Waals surface area (Å²) >= 11 is 11.5. The molecule has 3 rings (SSSR count). The van der Waals surface area contributed by atoms with Crippen molar-refractivity contribution in [3.63, 3.8) is 0 Å². The van der Waals surface area contributed by atoms with Crippen molar-refractivity contribution in [1.29, 1.82) is 0 Å². The summed E-state index contributed by atoms with van der Waals surface area (Å²) in [5.41, 5.74) is -0.896. The predicted octanol–water partition coefficient (Wildman–Crippen LogP) is 4.71. The summed E-state index contributed by atoms with van der Waals surface area (Å²) in [6.07, 6.45) is 0. The number of amides is 2. The number of carbonyl (C=O) groups excluding carboxylic acids is 2. The second-order valence-electron chi connectivity index (χ2n) is 6.16. The summed E-state index contributed by atoms with van der Waals surface area (Å²) in [7, 11) is 0. The lowest BCUT2D eigenvalue weighted by Crippen LogP contribution is -2.16. The van der Waals surface area contributed by atoms with Gasteiger partial charge >= 0.3 is 0 Å². The van der Waals surface area contributed by atoms with Gasteiger partial charge in [-0.2, -0.15) is 0 Å². The zero-order chi connectivity index (χ0) is 23.4. The number of carbonyl (C=O) groups is 2. The first kappa shape index (κ1) is 22.6. The number of nitro benzene ring substituents is 2. The summed E-state index contributed by atoms with van der Waals surface area (Å²) in [5.74, 6) is -1.27. The Kier molecular flexibility index (Phi) is 6.61. The number of nitrogens with zero attached hydrogens (tertiary/aromatic N) is 3. The molecule has 2 N–H and O–H groups in total. The molecule has 0 aliphatic carbocycles. The predicted molar refractivity (Wildman–Crippen MR) is 116 cm³/mol. The van der Waals surface area contributed by atoms with Gasteiger partial charge in [-0.3, -0.25) is 29.8 Å². The van der Waals surface area contributed by atoms with E-state index in [9.17, 15) is 29.8 Å². The molecule has 0 aliphatic rings. The Labute approximate surface area is 189 Å². The molecule has 2 amide bonds. The second-order valence-corrected chi connectivity index (χ2v) is 6.98. The molecule has 0 spiro atoms. The van der Waals surface area contributed by atoms with Crippen LogP contribution in [0, 0.1) is 20.2 Å². The molecule has 1 aromatic heterocycles. The fourth-order valence-corrected chi connectivity index (χ4v) is 2.91. The van der Waals surface area contributed by atoms with Crippen molar-refractivity contribution in [3.05, 3.63) is 96.0 Å². The van der Waals surface area contributed by atoms with Gasteiger partial charge in [-0.25, -0.2) is 4.98 Å². The van der Waals surface area contributed by atoms with Crippen molar-refractivity contribution >= 4 is 58.0 Å². The molecule has 32 heavy (non-hydrogen) atoms.